The molecule has 0 radical (unpaired) electrons. The second-order valence-corrected chi connectivity index (χ2v) is 11.7. The van der Waals surface area contributed by atoms with Crippen molar-refractivity contribution in [3.8, 4) is 22.3 Å². The van der Waals surface area contributed by atoms with Gasteiger partial charge in [-0.05, 0) is 63.9 Å². The highest BCUT2D eigenvalue weighted by atomic mass is 16.3. The highest BCUT2D eigenvalue weighted by Gasteiger charge is 2.21. The first-order valence-corrected chi connectivity index (χ1v) is 15.7. The second kappa shape index (κ2) is 10.8. The van der Waals surface area contributed by atoms with E-state index in [0.717, 1.165) is 60.9 Å². The van der Waals surface area contributed by atoms with Crippen LogP contribution in [0.1, 0.15) is 0 Å². The average Bonchev–Trinajstić information content (AvgIpc) is 3.52. The third kappa shape index (κ3) is 4.35. The van der Waals surface area contributed by atoms with Crippen LogP contribution >= 0.6 is 0 Å². The Morgan fingerprint density at radius 2 is 0.935 bits per heavy atom. The first kappa shape index (κ1) is 26.3. The van der Waals surface area contributed by atoms with E-state index in [1.54, 1.807) is 0 Å². The zero-order valence-corrected chi connectivity index (χ0v) is 25.1. The van der Waals surface area contributed by atoms with Crippen LogP contribution in [0.2, 0.25) is 0 Å². The Hall–Kier alpha value is -6.12. The molecule has 0 fully saturated rings. The number of rotatable bonds is 5. The molecule has 0 unspecified atom stereocenters. The molecule has 0 saturated carbocycles. The zero-order chi connectivity index (χ0) is 30.5. The van der Waals surface area contributed by atoms with Crippen LogP contribution in [0.25, 0.3) is 65.7 Å². The lowest BCUT2D eigenvalue weighted by Crippen LogP contribution is -2.10. The molecule has 0 atom stereocenters. The van der Waals surface area contributed by atoms with Gasteiger partial charge in [-0.25, -0.2) is 0 Å². The molecule has 0 bridgehead atoms. The third-order valence-electron chi connectivity index (χ3n) is 9.03. The number of para-hydroxylation sites is 2. The van der Waals surface area contributed by atoms with Crippen LogP contribution in [0.15, 0.2) is 180 Å². The lowest BCUT2D eigenvalue weighted by Gasteiger charge is -2.27. The largest absolute Gasteiger partial charge is 0.455 e. The number of furan rings is 1. The standard InChI is InChI=1S/C44H29NO/c1-3-12-30(13-4-1)32-24-26-36(27-25-32)45(35-16-5-2-6-17-35)42-29-41-40-21-11-20-37(34-23-22-31-14-7-8-15-33(31)28-34)43(40)46-44(41)39-19-10-9-18-38(39)42/h1-29H. The number of anilines is 3. The molecule has 2 nitrogen and oxygen atoms in total. The van der Waals surface area contributed by atoms with E-state index in [0.29, 0.717) is 0 Å². The first-order valence-electron chi connectivity index (χ1n) is 15.7. The molecule has 1 heterocycles. The van der Waals surface area contributed by atoms with E-state index in [4.69, 9.17) is 4.42 Å². The van der Waals surface area contributed by atoms with Crippen molar-refractivity contribution in [1.82, 2.24) is 0 Å². The van der Waals surface area contributed by atoms with Gasteiger partial charge in [-0.3, -0.25) is 0 Å². The van der Waals surface area contributed by atoms with E-state index in [1.807, 2.05) is 0 Å². The Morgan fingerprint density at radius 3 is 1.74 bits per heavy atom. The van der Waals surface area contributed by atoms with Gasteiger partial charge in [0.1, 0.15) is 11.2 Å². The van der Waals surface area contributed by atoms with Crippen LogP contribution in [-0.4, -0.2) is 0 Å². The molecule has 0 saturated heterocycles. The Kier molecular flexibility index (Phi) is 6.17. The summed E-state index contributed by atoms with van der Waals surface area (Å²) in [4.78, 5) is 2.36. The van der Waals surface area contributed by atoms with Crippen molar-refractivity contribution < 1.29 is 4.42 Å². The zero-order valence-electron chi connectivity index (χ0n) is 25.1. The van der Waals surface area contributed by atoms with Crippen molar-refractivity contribution in [3.05, 3.63) is 176 Å². The molecule has 9 aromatic rings. The minimum absolute atomic E-state index is 0.911. The molecule has 46 heavy (non-hydrogen) atoms. The van der Waals surface area contributed by atoms with Crippen molar-refractivity contribution in [1.29, 1.82) is 0 Å². The minimum atomic E-state index is 0.911. The van der Waals surface area contributed by atoms with E-state index in [9.17, 15) is 0 Å². The van der Waals surface area contributed by atoms with Crippen LogP contribution in [0.3, 0.4) is 0 Å². The fourth-order valence-corrected chi connectivity index (χ4v) is 6.81. The molecule has 9 rings (SSSR count). The van der Waals surface area contributed by atoms with E-state index in [1.165, 1.54) is 21.9 Å². The van der Waals surface area contributed by atoms with Crippen LogP contribution in [0.4, 0.5) is 17.1 Å². The lowest BCUT2D eigenvalue weighted by atomic mass is 9.98. The van der Waals surface area contributed by atoms with Crippen molar-refractivity contribution in [2.75, 3.05) is 4.90 Å². The first-order chi connectivity index (χ1) is 22.8. The second-order valence-electron chi connectivity index (χ2n) is 11.7. The summed E-state index contributed by atoms with van der Waals surface area (Å²) in [7, 11) is 0. The smallest absolute Gasteiger partial charge is 0.143 e. The van der Waals surface area contributed by atoms with E-state index >= 15 is 0 Å². The maximum Gasteiger partial charge on any atom is 0.143 e. The molecule has 0 amide bonds. The monoisotopic (exact) mass is 587 g/mol. The van der Waals surface area contributed by atoms with Gasteiger partial charge in [0.05, 0.1) is 5.69 Å². The van der Waals surface area contributed by atoms with Crippen LogP contribution in [0.5, 0.6) is 0 Å². The summed E-state index contributed by atoms with van der Waals surface area (Å²) in [6.07, 6.45) is 0. The van der Waals surface area contributed by atoms with Crippen LogP contribution in [0, 0.1) is 0 Å². The third-order valence-corrected chi connectivity index (χ3v) is 9.03. The number of fused-ring (bicyclic) bond motifs is 6. The summed E-state index contributed by atoms with van der Waals surface area (Å²) >= 11 is 0. The number of hydrogen-bond acceptors (Lipinski definition) is 2. The normalized spacial score (nSPS) is 11.5. The van der Waals surface area contributed by atoms with Gasteiger partial charge in [-0.15, -0.1) is 0 Å². The van der Waals surface area contributed by atoms with Gasteiger partial charge in [0.2, 0.25) is 0 Å². The summed E-state index contributed by atoms with van der Waals surface area (Å²) in [6, 6.07) is 62.6. The Balaban J connectivity index is 1.28. The molecule has 2 heteroatoms. The average molecular weight is 588 g/mol. The molecule has 0 aliphatic rings. The summed E-state index contributed by atoms with van der Waals surface area (Å²) in [5.74, 6) is 0. The maximum atomic E-state index is 6.86. The quantitative estimate of drug-likeness (QED) is 0.199. The molecular formula is C44H29NO. The predicted octanol–water partition coefficient (Wildman–Crippen LogP) is 12.7. The fraction of sp³-hybridized carbons (Fsp3) is 0. The maximum absolute atomic E-state index is 6.86. The molecule has 0 aliphatic heterocycles. The highest BCUT2D eigenvalue weighted by molar-refractivity contribution is 6.21. The van der Waals surface area contributed by atoms with E-state index < -0.39 is 0 Å². The summed E-state index contributed by atoms with van der Waals surface area (Å²) in [6.45, 7) is 0. The minimum Gasteiger partial charge on any atom is -0.455 e. The van der Waals surface area contributed by atoms with Crippen molar-refractivity contribution in [2.24, 2.45) is 0 Å². The molecular weight excluding hydrogens is 558 g/mol. The molecule has 0 N–H and O–H groups in total. The molecule has 0 spiro atoms. The van der Waals surface area contributed by atoms with Crippen LogP contribution < -0.4 is 4.90 Å². The van der Waals surface area contributed by atoms with Crippen molar-refractivity contribution in [2.45, 2.75) is 0 Å². The Labute approximate surface area is 267 Å². The Bertz CT molecular complexity index is 2510. The van der Waals surface area contributed by atoms with Crippen molar-refractivity contribution in [3.63, 3.8) is 0 Å². The molecule has 8 aromatic carbocycles. The summed E-state index contributed by atoms with van der Waals surface area (Å²) < 4.78 is 6.86. The van der Waals surface area contributed by atoms with Gasteiger partial charge in [-0.2, -0.15) is 0 Å². The van der Waals surface area contributed by atoms with Gasteiger partial charge >= 0.3 is 0 Å². The summed E-state index contributed by atoms with van der Waals surface area (Å²) in [5, 5.41) is 6.90. The molecule has 1 aromatic heterocycles. The number of benzene rings is 8. The number of nitrogens with zero attached hydrogens (tertiary/aromatic N) is 1. The Morgan fingerprint density at radius 1 is 0.348 bits per heavy atom. The van der Waals surface area contributed by atoms with Gasteiger partial charge in [-0.1, -0.05) is 140 Å². The van der Waals surface area contributed by atoms with E-state index in [-0.39, 0.29) is 0 Å². The SMILES string of the molecule is c1ccc(-c2ccc(N(c3ccccc3)c3cc4c5cccc(-c6ccc7ccccc7c6)c5oc4c4ccccc34)cc2)cc1. The lowest BCUT2D eigenvalue weighted by molar-refractivity contribution is 0.674. The van der Waals surface area contributed by atoms with Gasteiger partial charge in [0, 0.05) is 38.5 Å². The van der Waals surface area contributed by atoms with Crippen molar-refractivity contribution >= 4 is 60.5 Å². The summed E-state index contributed by atoms with van der Waals surface area (Å²) in [5.41, 5.74) is 9.78. The molecule has 216 valence electrons. The van der Waals surface area contributed by atoms with Crippen LogP contribution in [-0.2, 0) is 0 Å². The molecule has 0 aliphatic carbocycles. The topological polar surface area (TPSA) is 16.4 Å². The van der Waals surface area contributed by atoms with Gasteiger partial charge in [0.15, 0.2) is 0 Å². The fourth-order valence-electron chi connectivity index (χ4n) is 6.81. The van der Waals surface area contributed by atoms with Gasteiger partial charge < -0.3 is 9.32 Å². The highest BCUT2D eigenvalue weighted by Crippen LogP contribution is 2.46. The van der Waals surface area contributed by atoms with E-state index in [2.05, 4.69) is 181 Å². The number of hydrogen-bond donors (Lipinski definition) is 0. The van der Waals surface area contributed by atoms with Gasteiger partial charge in [0.25, 0.3) is 0 Å². The predicted molar refractivity (Wildman–Crippen MR) is 194 cm³/mol.